The van der Waals surface area contributed by atoms with Gasteiger partial charge in [-0.15, -0.1) is 0 Å². The minimum Gasteiger partial charge on any atom is -0.337 e. The van der Waals surface area contributed by atoms with Crippen LogP contribution in [0.15, 0.2) is 11.1 Å². The summed E-state index contributed by atoms with van der Waals surface area (Å²) in [5.74, 6) is 4.90. The molecule has 2 rings (SSSR count). The van der Waals surface area contributed by atoms with Crippen molar-refractivity contribution in [2.45, 2.75) is 52.7 Å². The number of carbonyl (C=O) groups is 1. The average molecular weight is 262 g/mol. The number of hydrogen-bond donors (Lipinski definition) is 0. The molecular weight excluding hydrogens is 240 g/mol. The molecule has 1 aliphatic heterocycles. The molecule has 104 valence electrons. The van der Waals surface area contributed by atoms with Crippen LogP contribution in [0.1, 0.15) is 47.0 Å². The van der Waals surface area contributed by atoms with Crippen molar-refractivity contribution in [2.75, 3.05) is 13.2 Å². The van der Waals surface area contributed by atoms with Crippen LogP contribution in [0.2, 0.25) is 0 Å². The summed E-state index contributed by atoms with van der Waals surface area (Å²) in [7, 11) is 0. The lowest BCUT2D eigenvalue weighted by atomic mass is 9.67. The maximum Gasteiger partial charge on any atom is 0.260 e. The number of Topliss-reactive ketones (excluding diaryl/α,β-unsaturated/α-hetero) is 1. The van der Waals surface area contributed by atoms with E-state index in [1.54, 1.807) is 0 Å². The SMILES string of the molecule is CCCCC#CC1=C(C(C)(C)C)C2(OCCO2)C1=O. The van der Waals surface area contributed by atoms with Gasteiger partial charge in [-0.05, 0) is 11.8 Å². The van der Waals surface area contributed by atoms with Gasteiger partial charge in [0, 0.05) is 12.0 Å². The normalized spacial score (nSPS) is 21.4. The van der Waals surface area contributed by atoms with Gasteiger partial charge in [0.1, 0.15) is 0 Å². The zero-order chi connectivity index (χ0) is 14.1. The van der Waals surface area contributed by atoms with Crippen LogP contribution in [-0.4, -0.2) is 24.8 Å². The highest BCUT2D eigenvalue weighted by molar-refractivity contribution is 6.15. The number of ether oxygens (including phenoxy) is 2. The highest BCUT2D eigenvalue weighted by Gasteiger charge is 2.61. The Balaban J connectivity index is 2.31. The summed E-state index contributed by atoms with van der Waals surface area (Å²) >= 11 is 0. The van der Waals surface area contributed by atoms with Gasteiger partial charge < -0.3 is 9.47 Å². The molecule has 3 nitrogen and oxygen atoms in total. The Kier molecular flexibility index (Phi) is 3.85. The van der Waals surface area contributed by atoms with E-state index in [0.717, 1.165) is 24.8 Å². The minimum atomic E-state index is -1.12. The van der Waals surface area contributed by atoms with Crippen molar-refractivity contribution in [1.29, 1.82) is 0 Å². The molecule has 1 fully saturated rings. The first-order chi connectivity index (χ1) is 8.93. The first kappa shape index (κ1) is 14.3. The van der Waals surface area contributed by atoms with Gasteiger partial charge in [-0.1, -0.05) is 46.0 Å². The molecule has 0 radical (unpaired) electrons. The second kappa shape index (κ2) is 5.11. The fourth-order valence-corrected chi connectivity index (χ4v) is 2.59. The third-order valence-electron chi connectivity index (χ3n) is 3.42. The topological polar surface area (TPSA) is 35.5 Å². The van der Waals surface area contributed by atoms with Gasteiger partial charge in [-0.3, -0.25) is 4.79 Å². The van der Waals surface area contributed by atoms with Gasteiger partial charge in [-0.2, -0.15) is 0 Å². The van der Waals surface area contributed by atoms with Gasteiger partial charge in [-0.25, -0.2) is 0 Å². The first-order valence-electron chi connectivity index (χ1n) is 7.00. The Morgan fingerprint density at radius 2 is 1.89 bits per heavy atom. The number of rotatable bonds is 2. The molecule has 0 aromatic heterocycles. The Bertz CT molecular complexity index is 462. The second-order valence-corrected chi connectivity index (χ2v) is 6.05. The van der Waals surface area contributed by atoms with Crippen molar-refractivity contribution < 1.29 is 14.3 Å². The summed E-state index contributed by atoms with van der Waals surface area (Å²) < 4.78 is 11.2. The Hall–Kier alpha value is -1.11. The molecule has 0 bridgehead atoms. The highest BCUT2D eigenvalue weighted by Crippen LogP contribution is 2.50. The molecule has 1 spiro atoms. The van der Waals surface area contributed by atoms with Crippen molar-refractivity contribution in [3.63, 3.8) is 0 Å². The number of carbonyl (C=O) groups excluding carboxylic acids is 1. The minimum absolute atomic E-state index is 0.0982. The van der Waals surface area contributed by atoms with Crippen molar-refractivity contribution in [1.82, 2.24) is 0 Å². The van der Waals surface area contributed by atoms with E-state index in [4.69, 9.17) is 9.47 Å². The van der Waals surface area contributed by atoms with E-state index in [-0.39, 0.29) is 11.2 Å². The molecule has 0 aromatic carbocycles. The van der Waals surface area contributed by atoms with Crippen LogP contribution in [0.4, 0.5) is 0 Å². The maximum absolute atomic E-state index is 12.3. The summed E-state index contributed by atoms with van der Waals surface area (Å²) in [6, 6.07) is 0. The lowest BCUT2D eigenvalue weighted by Gasteiger charge is -2.43. The zero-order valence-corrected chi connectivity index (χ0v) is 12.3. The Morgan fingerprint density at radius 3 is 2.42 bits per heavy atom. The van der Waals surface area contributed by atoms with E-state index in [1.165, 1.54) is 0 Å². The molecule has 0 aromatic rings. The average Bonchev–Trinajstić information content (AvgIpc) is 2.82. The molecule has 1 aliphatic carbocycles. The third-order valence-corrected chi connectivity index (χ3v) is 3.42. The molecule has 0 saturated carbocycles. The number of ketones is 1. The van der Waals surface area contributed by atoms with Crippen LogP contribution in [-0.2, 0) is 14.3 Å². The molecule has 0 atom stereocenters. The van der Waals surface area contributed by atoms with Crippen molar-refractivity contribution >= 4 is 5.78 Å². The summed E-state index contributed by atoms with van der Waals surface area (Å²) in [4.78, 5) is 12.3. The maximum atomic E-state index is 12.3. The molecule has 19 heavy (non-hydrogen) atoms. The molecule has 1 saturated heterocycles. The predicted octanol–water partition coefficient (Wildman–Crippen LogP) is 2.85. The quantitative estimate of drug-likeness (QED) is 0.567. The van der Waals surface area contributed by atoms with E-state index < -0.39 is 5.79 Å². The monoisotopic (exact) mass is 262 g/mol. The summed E-state index contributed by atoms with van der Waals surface area (Å²) in [6.45, 7) is 9.27. The number of hydrogen-bond acceptors (Lipinski definition) is 3. The van der Waals surface area contributed by atoms with E-state index in [0.29, 0.717) is 18.8 Å². The van der Waals surface area contributed by atoms with Gasteiger partial charge in [0.05, 0.1) is 18.8 Å². The van der Waals surface area contributed by atoms with Gasteiger partial charge >= 0.3 is 0 Å². The molecule has 0 N–H and O–H groups in total. The van der Waals surface area contributed by atoms with E-state index in [9.17, 15) is 4.79 Å². The van der Waals surface area contributed by atoms with E-state index >= 15 is 0 Å². The smallest absolute Gasteiger partial charge is 0.260 e. The van der Waals surface area contributed by atoms with E-state index in [2.05, 4.69) is 39.5 Å². The first-order valence-corrected chi connectivity index (χ1v) is 7.00. The summed E-state index contributed by atoms with van der Waals surface area (Å²) in [6.07, 6.45) is 3.01. The predicted molar refractivity (Wildman–Crippen MR) is 73.4 cm³/mol. The standard InChI is InChI=1S/C16H22O3/c1-5-6-7-8-9-12-13(15(2,3)4)16(14(12)17)18-10-11-19-16/h5-7,10-11H2,1-4H3. The summed E-state index contributed by atoms with van der Waals surface area (Å²) in [5, 5.41) is 0. The lowest BCUT2D eigenvalue weighted by Crippen LogP contribution is -2.55. The highest BCUT2D eigenvalue weighted by atomic mass is 16.7. The van der Waals surface area contributed by atoms with Crippen LogP contribution in [0.3, 0.4) is 0 Å². The third kappa shape index (κ3) is 2.35. The summed E-state index contributed by atoms with van der Waals surface area (Å²) in [5.41, 5.74) is 1.34. The molecular formula is C16H22O3. The van der Waals surface area contributed by atoms with Crippen molar-refractivity contribution in [2.24, 2.45) is 5.41 Å². The Labute approximate surface area is 115 Å². The van der Waals surface area contributed by atoms with Crippen molar-refractivity contribution in [3.8, 4) is 11.8 Å². The fraction of sp³-hybridized carbons (Fsp3) is 0.688. The zero-order valence-electron chi connectivity index (χ0n) is 12.3. The van der Waals surface area contributed by atoms with Gasteiger partial charge in [0.15, 0.2) is 0 Å². The van der Waals surface area contributed by atoms with Gasteiger partial charge in [0.25, 0.3) is 5.79 Å². The van der Waals surface area contributed by atoms with Crippen LogP contribution < -0.4 is 0 Å². The van der Waals surface area contributed by atoms with Crippen LogP contribution >= 0.6 is 0 Å². The number of unbranched alkanes of at least 4 members (excludes halogenated alkanes) is 2. The van der Waals surface area contributed by atoms with Gasteiger partial charge in [0.2, 0.25) is 5.78 Å². The van der Waals surface area contributed by atoms with Crippen LogP contribution in [0.25, 0.3) is 0 Å². The molecule has 0 amide bonds. The molecule has 2 aliphatic rings. The van der Waals surface area contributed by atoms with Crippen LogP contribution in [0.5, 0.6) is 0 Å². The molecule has 1 heterocycles. The van der Waals surface area contributed by atoms with E-state index in [1.807, 2.05) is 0 Å². The fourth-order valence-electron chi connectivity index (χ4n) is 2.59. The van der Waals surface area contributed by atoms with Crippen molar-refractivity contribution in [3.05, 3.63) is 11.1 Å². The molecule has 3 heteroatoms. The largest absolute Gasteiger partial charge is 0.337 e. The van der Waals surface area contributed by atoms with Crippen LogP contribution in [0, 0.1) is 17.3 Å². The Morgan fingerprint density at radius 1 is 1.26 bits per heavy atom. The molecule has 0 unspecified atom stereocenters. The lowest BCUT2D eigenvalue weighted by molar-refractivity contribution is -0.175. The second-order valence-electron chi connectivity index (χ2n) is 6.05.